The van der Waals surface area contributed by atoms with Crippen molar-refractivity contribution in [3.63, 3.8) is 0 Å². The molecule has 4 nitrogen and oxygen atoms in total. The summed E-state index contributed by atoms with van der Waals surface area (Å²) in [6.07, 6.45) is 0.732. The molecule has 0 aliphatic carbocycles. The molecule has 2 N–H and O–H groups in total. The molecule has 0 saturated heterocycles. The highest BCUT2D eigenvalue weighted by molar-refractivity contribution is 7.80. The molecule has 7 heteroatoms. The minimum absolute atomic E-state index is 0.314. The van der Waals surface area contributed by atoms with Crippen LogP contribution in [0.2, 0.25) is 0 Å². The van der Waals surface area contributed by atoms with Crippen molar-refractivity contribution in [2.24, 2.45) is 0 Å². The van der Waals surface area contributed by atoms with E-state index in [0.29, 0.717) is 28.0 Å². The van der Waals surface area contributed by atoms with Crippen molar-refractivity contribution in [1.82, 2.24) is 0 Å². The summed E-state index contributed by atoms with van der Waals surface area (Å²) in [5.74, 6) is -0.670. The fourth-order valence-corrected chi connectivity index (χ4v) is 3.73. The number of thiocarbonyl (C=S) groups is 1. The van der Waals surface area contributed by atoms with Crippen LogP contribution >= 0.6 is 23.6 Å². The zero-order chi connectivity index (χ0) is 17.7. The van der Waals surface area contributed by atoms with Gasteiger partial charge in [-0.05, 0) is 62.3 Å². The standard InChI is InChI=1S/C17H19FN2O2S2/c1-4-13-10(3)24-15(14(13)16(21)22-5-2)20-17(23)19-12-8-6-11(18)7-9-12/h6-9H,4-5H2,1-3H3,(H2,19,20,23). The Balaban J connectivity index is 2.20. The van der Waals surface area contributed by atoms with Crippen molar-refractivity contribution < 1.29 is 13.9 Å². The first-order valence-corrected chi connectivity index (χ1v) is 8.81. The molecule has 0 amide bonds. The molecule has 1 heterocycles. The van der Waals surface area contributed by atoms with Crippen LogP contribution in [0.4, 0.5) is 15.1 Å². The summed E-state index contributed by atoms with van der Waals surface area (Å²) in [4.78, 5) is 13.3. The van der Waals surface area contributed by atoms with Gasteiger partial charge >= 0.3 is 5.97 Å². The Morgan fingerprint density at radius 2 is 1.92 bits per heavy atom. The van der Waals surface area contributed by atoms with Crippen molar-refractivity contribution in [1.29, 1.82) is 0 Å². The summed E-state index contributed by atoms with van der Waals surface area (Å²) in [5, 5.41) is 7.01. The van der Waals surface area contributed by atoms with Gasteiger partial charge in [-0.3, -0.25) is 0 Å². The second-order valence-electron chi connectivity index (χ2n) is 5.00. The Morgan fingerprint density at radius 3 is 2.50 bits per heavy atom. The van der Waals surface area contributed by atoms with E-state index in [2.05, 4.69) is 10.6 Å². The Morgan fingerprint density at radius 1 is 1.25 bits per heavy atom. The average molecular weight is 366 g/mol. The molecule has 0 fully saturated rings. The van der Waals surface area contributed by atoms with Crippen molar-refractivity contribution in [3.05, 3.63) is 46.1 Å². The van der Waals surface area contributed by atoms with Gasteiger partial charge in [-0.1, -0.05) is 6.92 Å². The number of carbonyl (C=O) groups is 1. The lowest BCUT2D eigenvalue weighted by Gasteiger charge is -2.11. The molecule has 0 radical (unpaired) electrons. The highest BCUT2D eigenvalue weighted by Gasteiger charge is 2.22. The lowest BCUT2D eigenvalue weighted by Crippen LogP contribution is -2.20. The highest BCUT2D eigenvalue weighted by Crippen LogP contribution is 2.34. The molecule has 2 rings (SSSR count). The van der Waals surface area contributed by atoms with Crippen LogP contribution in [0.15, 0.2) is 24.3 Å². The van der Waals surface area contributed by atoms with E-state index in [1.165, 1.54) is 23.5 Å². The van der Waals surface area contributed by atoms with E-state index in [4.69, 9.17) is 17.0 Å². The summed E-state index contributed by atoms with van der Waals surface area (Å²) >= 11 is 6.75. The Kier molecular flexibility index (Phi) is 6.28. The molecule has 1 aromatic heterocycles. The Labute approximate surface area is 150 Å². The summed E-state index contributed by atoms with van der Waals surface area (Å²) in [6.45, 7) is 6.05. The van der Waals surface area contributed by atoms with E-state index in [-0.39, 0.29) is 11.8 Å². The van der Waals surface area contributed by atoms with Gasteiger partial charge < -0.3 is 15.4 Å². The predicted molar refractivity (Wildman–Crippen MR) is 101 cm³/mol. The van der Waals surface area contributed by atoms with Gasteiger partial charge in [0.05, 0.1) is 12.2 Å². The monoisotopic (exact) mass is 366 g/mol. The zero-order valence-corrected chi connectivity index (χ0v) is 15.4. The van der Waals surface area contributed by atoms with E-state index in [0.717, 1.165) is 16.9 Å². The molecule has 0 bridgehead atoms. The minimum Gasteiger partial charge on any atom is -0.462 e. The molecule has 0 saturated carbocycles. The van der Waals surface area contributed by atoms with Crippen molar-refractivity contribution in [2.75, 3.05) is 17.2 Å². The van der Waals surface area contributed by atoms with Gasteiger partial charge in [-0.25, -0.2) is 9.18 Å². The summed E-state index contributed by atoms with van der Waals surface area (Å²) < 4.78 is 18.1. The second-order valence-corrected chi connectivity index (χ2v) is 6.63. The third kappa shape index (κ3) is 4.30. The molecule has 24 heavy (non-hydrogen) atoms. The normalized spacial score (nSPS) is 10.3. The minimum atomic E-state index is -0.356. The molecular formula is C17H19FN2O2S2. The number of hydrogen-bond acceptors (Lipinski definition) is 4. The van der Waals surface area contributed by atoms with Crippen LogP contribution in [0.25, 0.3) is 0 Å². The fourth-order valence-electron chi connectivity index (χ4n) is 2.31. The van der Waals surface area contributed by atoms with Crippen LogP contribution in [0.3, 0.4) is 0 Å². The van der Waals surface area contributed by atoms with Gasteiger partial charge in [0.15, 0.2) is 5.11 Å². The number of ether oxygens (including phenoxy) is 1. The van der Waals surface area contributed by atoms with Crippen LogP contribution in [0, 0.1) is 12.7 Å². The van der Waals surface area contributed by atoms with E-state index in [1.807, 2.05) is 13.8 Å². The quantitative estimate of drug-likeness (QED) is 0.591. The van der Waals surface area contributed by atoms with Gasteiger partial charge in [0, 0.05) is 10.6 Å². The summed E-state index contributed by atoms with van der Waals surface area (Å²) in [5.41, 5.74) is 2.16. The molecule has 0 aliphatic heterocycles. The maximum absolute atomic E-state index is 12.9. The number of halogens is 1. The largest absolute Gasteiger partial charge is 0.462 e. The number of rotatable bonds is 5. The molecule has 0 aliphatic rings. The highest BCUT2D eigenvalue weighted by atomic mass is 32.1. The average Bonchev–Trinajstić information content (AvgIpc) is 2.85. The number of thiophene rings is 1. The first-order valence-electron chi connectivity index (χ1n) is 7.59. The number of hydrogen-bond donors (Lipinski definition) is 2. The first kappa shape index (κ1) is 18.4. The van der Waals surface area contributed by atoms with E-state index in [1.54, 1.807) is 19.1 Å². The number of carbonyl (C=O) groups excluding carboxylic acids is 1. The molecule has 0 spiro atoms. The Bertz CT molecular complexity index is 742. The van der Waals surface area contributed by atoms with E-state index < -0.39 is 0 Å². The van der Waals surface area contributed by atoms with E-state index >= 15 is 0 Å². The van der Waals surface area contributed by atoms with Crippen LogP contribution < -0.4 is 10.6 Å². The maximum Gasteiger partial charge on any atom is 0.341 e. The second kappa shape index (κ2) is 8.21. The zero-order valence-electron chi connectivity index (χ0n) is 13.7. The molecule has 2 aromatic rings. The fraction of sp³-hybridized carbons (Fsp3) is 0.294. The van der Waals surface area contributed by atoms with Gasteiger partial charge in [0.25, 0.3) is 0 Å². The first-order chi connectivity index (χ1) is 11.5. The summed E-state index contributed by atoms with van der Waals surface area (Å²) in [7, 11) is 0. The van der Waals surface area contributed by atoms with Crippen molar-refractivity contribution in [3.8, 4) is 0 Å². The number of benzene rings is 1. The third-order valence-electron chi connectivity index (χ3n) is 3.37. The Hall–Kier alpha value is -1.99. The van der Waals surface area contributed by atoms with Crippen LogP contribution in [-0.4, -0.2) is 17.7 Å². The van der Waals surface area contributed by atoms with Gasteiger partial charge in [0.2, 0.25) is 0 Å². The van der Waals surface area contributed by atoms with Gasteiger partial charge in [0.1, 0.15) is 10.8 Å². The van der Waals surface area contributed by atoms with Crippen LogP contribution in [-0.2, 0) is 11.2 Å². The lowest BCUT2D eigenvalue weighted by atomic mass is 10.1. The lowest BCUT2D eigenvalue weighted by molar-refractivity contribution is 0.0527. The molecule has 1 aromatic carbocycles. The number of nitrogens with one attached hydrogen (secondary N) is 2. The number of anilines is 2. The van der Waals surface area contributed by atoms with Crippen LogP contribution in [0.5, 0.6) is 0 Å². The van der Waals surface area contributed by atoms with Crippen LogP contribution in [0.1, 0.15) is 34.6 Å². The maximum atomic E-state index is 12.9. The van der Waals surface area contributed by atoms with Crippen molar-refractivity contribution >= 4 is 45.3 Å². The van der Waals surface area contributed by atoms with Crippen molar-refractivity contribution in [2.45, 2.75) is 27.2 Å². The molecule has 0 atom stereocenters. The third-order valence-corrected chi connectivity index (χ3v) is 4.64. The summed E-state index contributed by atoms with van der Waals surface area (Å²) in [6, 6.07) is 5.87. The number of esters is 1. The van der Waals surface area contributed by atoms with Gasteiger partial charge in [-0.2, -0.15) is 0 Å². The molecule has 128 valence electrons. The van der Waals surface area contributed by atoms with E-state index in [9.17, 15) is 9.18 Å². The van der Waals surface area contributed by atoms with Gasteiger partial charge in [-0.15, -0.1) is 11.3 Å². The number of aryl methyl sites for hydroxylation is 1. The predicted octanol–water partition coefficient (Wildman–Crippen LogP) is 4.74. The topological polar surface area (TPSA) is 50.4 Å². The molecule has 0 unspecified atom stereocenters. The smallest absolute Gasteiger partial charge is 0.341 e. The molecular weight excluding hydrogens is 347 g/mol. The SMILES string of the molecule is CCOC(=O)c1c(NC(=S)Nc2ccc(F)cc2)sc(C)c1CC.